The van der Waals surface area contributed by atoms with Gasteiger partial charge in [0.15, 0.2) is 0 Å². The van der Waals surface area contributed by atoms with Crippen LogP contribution in [-0.4, -0.2) is 18.9 Å². The molecule has 4 nitrogen and oxygen atoms in total. The van der Waals surface area contributed by atoms with Gasteiger partial charge in [-0.25, -0.2) is 21.2 Å². The highest BCUT2D eigenvalue weighted by Crippen LogP contribution is 2.40. The fourth-order valence-electron chi connectivity index (χ4n) is 3.35. The van der Waals surface area contributed by atoms with Crippen LogP contribution < -0.4 is 5.32 Å². The van der Waals surface area contributed by atoms with Gasteiger partial charge in [0.2, 0.25) is 0 Å². The van der Waals surface area contributed by atoms with Crippen molar-refractivity contribution in [2.75, 3.05) is 6.54 Å². The van der Waals surface area contributed by atoms with E-state index in [1.54, 1.807) is 6.07 Å². The predicted octanol–water partition coefficient (Wildman–Crippen LogP) is 3.97. The van der Waals surface area contributed by atoms with E-state index in [-0.39, 0.29) is 21.2 Å². The molecule has 8 heteroatoms. The Labute approximate surface area is 160 Å². The molecule has 0 radical (unpaired) electrons. The Hall–Kier alpha value is -2.22. The molecule has 2 aromatic carbocycles. The summed E-state index contributed by atoms with van der Waals surface area (Å²) in [5.74, 6) is -1.25. The van der Waals surface area contributed by atoms with Crippen molar-refractivity contribution in [2.45, 2.75) is 17.9 Å². The zero-order valence-corrected chi connectivity index (χ0v) is 15.6. The van der Waals surface area contributed by atoms with Crippen molar-refractivity contribution in [3.05, 3.63) is 76.4 Å². The maximum Gasteiger partial charge on any atom is 0.268 e. The summed E-state index contributed by atoms with van der Waals surface area (Å²) in [6.07, 6.45) is 0.401. The molecule has 27 heavy (non-hydrogen) atoms. The maximum atomic E-state index is 14.5. The lowest BCUT2D eigenvalue weighted by atomic mass is 10.1. The van der Waals surface area contributed by atoms with E-state index in [0.717, 1.165) is 10.0 Å². The molecule has 0 aliphatic carbocycles. The molecular formula is C19H15ClF2N2O2S. The first kappa shape index (κ1) is 18.2. The van der Waals surface area contributed by atoms with E-state index in [1.165, 1.54) is 36.4 Å². The van der Waals surface area contributed by atoms with Gasteiger partial charge in [-0.05, 0) is 30.3 Å². The molecule has 1 N–H and O–H groups in total. The van der Waals surface area contributed by atoms with E-state index in [1.807, 2.05) is 0 Å². The van der Waals surface area contributed by atoms with Crippen LogP contribution in [0.15, 0.2) is 53.4 Å². The second-order valence-corrected chi connectivity index (χ2v) is 8.39. The minimum absolute atomic E-state index is 0.0627. The van der Waals surface area contributed by atoms with Crippen molar-refractivity contribution in [3.63, 3.8) is 0 Å². The van der Waals surface area contributed by atoms with Crippen LogP contribution in [0.4, 0.5) is 8.78 Å². The maximum absolute atomic E-state index is 14.5. The molecule has 0 fully saturated rings. The Balaban J connectivity index is 2.07. The van der Waals surface area contributed by atoms with Crippen molar-refractivity contribution in [2.24, 2.45) is 0 Å². The van der Waals surface area contributed by atoms with Gasteiger partial charge in [0.25, 0.3) is 10.0 Å². The van der Waals surface area contributed by atoms with Crippen molar-refractivity contribution in [3.8, 4) is 11.3 Å². The molecule has 0 spiro atoms. The highest BCUT2D eigenvalue weighted by Gasteiger charge is 2.32. The number of nitrogens with one attached hydrogen (secondary N) is 1. The monoisotopic (exact) mass is 408 g/mol. The van der Waals surface area contributed by atoms with Crippen LogP contribution >= 0.6 is 11.6 Å². The number of aromatic nitrogens is 1. The molecule has 1 aliphatic rings. The van der Waals surface area contributed by atoms with Crippen molar-refractivity contribution < 1.29 is 17.2 Å². The fraction of sp³-hybridized carbons (Fsp3) is 0.158. The molecule has 0 saturated carbocycles. The molecule has 3 aromatic rings. The van der Waals surface area contributed by atoms with Crippen LogP contribution in [0.3, 0.4) is 0 Å². The first-order valence-corrected chi connectivity index (χ1v) is 10.1. The first-order valence-electron chi connectivity index (χ1n) is 8.30. The van der Waals surface area contributed by atoms with Gasteiger partial charge in [0, 0.05) is 36.3 Å². The van der Waals surface area contributed by atoms with E-state index in [9.17, 15) is 17.2 Å². The Bertz CT molecular complexity index is 1140. The zero-order valence-electron chi connectivity index (χ0n) is 14.0. The van der Waals surface area contributed by atoms with Gasteiger partial charge in [-0.3, -0.25) is 0 Å². The molecule has 1 aromatic heterocycles. The molecule has 0 atom stereocenters. The van der Waals surface area contributed by atoms with Crippen LogP contribution in [0.5, 0.6) is 0 Å². The Morgan fingerprint density at radius 2 is 1.85 bits per heavy atom. The molecule has 0 saturated heterocycles. The lowest BCUT2D eigenvalue weighted by Gasteiger charge is -2.18. The van der Waals surface area contributed by atoms with Crippen molar-refractivity contribution in [1.82, 2.24) is 9.29 Å². The summed E-state index contributed by atoms with van der Waals surface area (Å²) in [5, 5.41) is 3.33. The van der Waals surface area contributed by atoms with Crippen molar-refractivity contribution >= 4 is 21.6 Å². The summed E-state index contributed by atoms with van der Waals surface area (Å²) in [6.45, 7) is 0.935. The van der Waals surface area contributed by atoms with Gasteiger partial charge in [-0.1, -0.05) is 29.8 Å². The van der Waals surface area contributed by atoms with E-state index in [2.05, 4.69) is 5.32 Å². The van der Waals surface area contributed by atoms with Crippen molar-refractivity contribution in [1.29, 1.82) is 0 Å². The van der Waals surface area contributed by atoms with Crippen LogP contribution in [0, 0.1) is 11.6 Å². The van der Waals surface area contributed by atoms with E-state index >= 15 is 0 Å². The fourth-order valence-corrected chi connectivity index (χ4v) is 5.40. The Morgan fingerprint density at radius 3 is 2.59 bits per heavy atom. The number of halogens is 3. The standard InChI is InChI=1S/C19H15ClF2N2O2S/c20-18-15-11-23-9-8-17(15)24(19(18)14-6-1-2-7-16(14)22)27(25,26)13-5-3-4-12(21)10-13/h1-7,10,23H,8-9,11H2. The molecule has 0 bridgehead atoms. The molecule has 140 valence electrons. The van der Waals surface area contributed by atoms with Crippen LogP contribution in [0.25, 0.3) is 11.3 Å². The van der Waals surface area contributed by atoms with E-state index in [4.69, 9.17) is 11.6 Å². The molecule has 0 amide bonds. The first-order chi connectivity index (χ1) is 12.9. The van der Waals surface area contributed by atoms with E-state index in [0.29, 0.717) is 30.8 Å². The predicted molar refractivity (Wildman–Crippen MR) is 99.2 cm³/mol. The van der Waals surface area contributed by atoms with E-state index < -0.39 is 21.7 Å². The SMILES string of the molecule is O=S(=O)(c1cccc(F)c1)n1c2c(c(Cl)c1-c1ccccc1F)CNCC2. The highest BCUT2D eigenvalue weighted by molar-refractivity contribution is 7.90. The van der Waals surface area contributed by atoms with Crippen LogP contribution in [0.2, 0.25) is 5.02 Å². The summed E-state index contributed by atoms with van der Waals surface area (Å²) < 4.78 is 56.0. The van der Waals surface area contributed by atoms with Gasteiger partial charge in [0.1, 0.15) is 11.6 Å². The van der Waals surface area contributed by atoms with Gasteiger partial charge >= 0.3 is 0 Å². The summed E-state index contributed by atoms with van der Waals surface area (Å²) >= 11 is 6.51. The number of hydrogen-bond acceptors (Lipinski definition) is 3. The van der Waals surface area contributed by atoms with Gasteiger partial charge < -0.3 is 5.32 Å². The quantitative estimate of drug-likeness (QED) is 0.713. The van der Waals surface area contributed by atoms with Crippen LogP contribution in [0.1, 0.15) is 11.3 Å². The molecule has 2 heterocycles. The summed E-state index contributed by atoms with van der Waals surface area (Å²) in [6, 6.07) is 10.6. The number of nitrogens with zero attached hydrogens (tertiary/aromatic N) is 1. The topological polar surface area (TPSA) is 51.1 Å². The Kier molecular flexibility index (Phi) is 4.53. The van der Waals surface area contributed by atoms with Gasteiger partial charge in [-0.15, -0.1) is 0 Å². The third kappa shape index (κ3) is 2.96. The Morgan fingerprint density at radius 1 is 1.07 bits per heavy atom. The molecule has 4 rings (SSSR count). The second-order valence-electron chi connectivity index (χ2n) is 6.22. The number of rotatable bonds is 3. The lowest BCUT2D eigenvalue weighted by Crippen LogP contribution is -2.27. The average Bonchev–Trinajstić information content (AvgIpc) is 2.96. The molecule has 1 aliphatic heterocycles. The van der Waals surface area contributed by atoms with Gasteiger partial charge in [-0.2, -0.15) is 0 Å². The summed E-state index contributed by atoms with van der Waals surface area (Å²) in [7, 11) is -4.18. The third-order valence-electron chi connectivity index (χ3n) is 4.57. The normalized spacial score (nSPS) is 14.2. The minimum Gasteiger partial charge on any atom is -0.312 e. The molecule has 0 unspecified atom stereocenters. The lowest BCUT2D eigenvalue weighted by molar-refractivity contribution is 0.575. The highest BCUT2D eigenvalue weighted by atomic mass is 35.5. The third-order valence-corrected chi connectivity index (χ3v) is 6.71. The smallest absolute Gasteiger partial charge is 0.268 e. The summed E-state index contributed by atoms with van der Waals surface area (Å²) in [5.41, 5.74) is 1.24. The second kappa shape index (κ2) is 6.74. The molecular weight excluding hydrogens is 394 g/mol. The number of hydrogen-bond donors (Lipinski definition) is 1. The number of fused-ring (bicyclic) bond motifs is 1. The minimum atomic E-state index is -4.18. The largest absolute Gasteiger partial charge is 0.312 e. The average molecular weight is 409 g/mol. The number of benzene rings is 2. The van der Waals surface area contributed by atoms with Gasteiger partial charge in [0.05, 0.1) is 15.6 Å². The summed E-state index contributed by atoms with van der Waals surface area (Å²) in [4.78, 5) is -0.215. The zero-order chi connectivity index (χ0) is 19.2. The van der Waals surface area contributed by atoms with Crippen LogP contribution in [-0.2, 0) is 23.0 Å².